The van der Waals surface area contributed by atoms with Gasteiger partial charge in [-0.1, -0.05) is 17.3 Å². The average molecular weight is 449 g/mol. The lowest BCUT2D eigenvalue weighted by atomic mass is 9.96. The van der Waals surface area contributed by atoms with E-state index in [0.717, 1.165) is 41.8 Å². The van der Waals surface area contributed by atoms with Gasteiger partial charge in [-0.15, -0.1) is 0 Å². The molecule has 0 atom stereocenters. The third-order valence-electron chi connectivity index (χ3n) is 5.89. The number of aryl methyl sites for hydroxylation is 1. The zero-order chi connectivity index (χ0) is 23.2. The van der Waals surface area contributed by atoms with Crippen LogP contribution in [-0.2, 0) is 16.0 Å². The first-order chi connectivity index (χ1) is 16.0. The Labute approximate surface area is 192 Å². The molecular formula is C25H28N4O4. The largest absolute Gasteiger partial charge is 0.497 e. The summed E-state index contributed by atoms with van der Waals surface area (Å²) in [6, 6.07) is 15.2. The lowest BCUT2D eigenvalue weighted by Gasteiger charge is -2.30. The Balaban J connectivity index is 1.27. The van der Waals surface area contributed by atoms with Crippen LogP contribution in [0.4, 0.5) is 5.69 Å². The monoisotopic (exact) mass is 448 g/mol. The second kappa shape index (κ2) is 10.3. The molecule has 3 aromatic rings. The third-order valence-corrected chi connectivity index (χ3v) is 5.89. The number of hydrogen-bond acceptors (Lipinski definition) is 6. The summed E-state index contributed by atoms with van der Waals surface area (Å²) in [5.74, 6) is 2.16. The number of aromatic nitrogens is 2. The molecule has 0 aliphatic carbocycles. The quantitative estimate of drug-likeness (QED) is 0.586. The minimum atomic E-state index is -0.116. The van der Waals surface area contributed by atoms with E-state index in [1.54, 1.807) is 7.11 Å². The van der Waals surface area contributed by atoms with Crippen molar-refractivity contribution in [3.8, 4) is 17.1 Å². The summed E-state index contributed by atoms with van der Waals surface area (Å²) in [6.07, 6.45) is 2.82. The van der Waals surface area contributed by atoms with Crippen molar-refractivity contribution in [2.45, 2.75) is 38.5 Å². The van der Waals surface area contributed by atoms with Crippen molar-refractivity contribution in [2.24, 2.45) is 0 Å². The number of rotatable bonds is 7. The van der Waals surface area contributed by atoms with E-state index in [9.17, 15) is 9.59 Å². The van der Waals surface area contributed by atoms with Crippen LogP contribution >= 0.6 is 0 Å². The third kappa shape index (κ3) is 5.77. The lowest BCUT2D eigenvalue weighted by molar-refractivity contribution is -0.132. The molecule has 33 heavy (non-hydrogen) atoms. The van der Waals surface area contributed by atoms with Gasteiger partial charge in [-0.25, -0.2) is 0 Å². The predicted molar refractivity (Wildman–Crippen MR) is 124 cm³/mol. The van der Waals surface area contributed by atoms with Gasteiger partial charge in [0.2, 0.25) is 23.5 Å². The number of likely N-dealkylation sites (tertiary alicyclic amines) is 1. The first-order valence-corrected chi connectivity index (χ1v) is 11.1. The average Bonchev–Trinajstić information content (AvgIpc) is 3.33. The topological polar surface area (TPSA) is 97.6 Å². The first kappa shape index (κ1) is 22.5. The molecule has 2 aromatic carbocycles. The number of benzene rings is 2. The number of nitrogens with one attached hydrogen (secondary N) is 1. The van der Waals surface area contributed by atoms with Crippen LogP contribution in [0.15, 0.2) is 53.1 Å². The Hall–Kier alpha value is -3.68. The molecule has 1 aliphatic rings. The fraction of sp³-hybridized carbons (Fsp3) is 0.360. The van der Waals surface area contributed by atoms with Crippen LogP contribution in [0.5, 0.6) is 5.75 Å². The molecule has 8 heteroatoms. The Morgan fingerprint density at radius 2 is 1.79 bits per heavy atom. The zero-order valence-electron chi connectivity index (χ0n) is 18.9. The Morgan fingerprint density at radius 3 is 2.42 bits per heavy atom. The second-order valence-electron chi connectivity index (χ2n) is 8.22. The predicted octanol–water partition coefficient (Wildman–Crippen LogP) is 4.04. The van der Waals surface area contributed by atoms with E-state index < -0.39 is 0 Å². The highest BCUT2D eigenvalue weighted by Crippen LogP contribution is 2.29. The maximum Gasteiger partial charge on any atom is 0.230 e. The summed E-state index contributed by atoms with van der Waals surface area (Å²) in [7, 11) is 1.64. The fourth-order valence-corrected chi connectivity index (χ4v) is 4.00. The Morgan fingerprint density at radius 1 is 1.09 bits per heavy atom. The SMILES string of the molecule is COc1ccc(CCC(=O)N2CCC(c3nc(-c4ccc(NC(C)=O)cc4)no3)CC2)cc1. The molecule has 2 amide bonds. The molecule has 1 N–H and O–H groups in total. The van der Waals surface area contributed by atoms with Gasteiger partial charge in [0.25, 0.3) is 0 Å². The summed E-state index contributed by atoms with van der Waals surface area (Å²) >= 11 is 0. The van der Waals surface area contributed by atoms with Gasteiger partial charge < -0.3 is 19.5 Å². The van der Waals surface area contributed by atoms with Crippen molar-refractivity contribution < 1.29 is 18.8 Å². The summed E-state index contributed by atoms with van der Waals surface area (Å²) in [5, 5.41) is 6.85. The molecular weight excluding hydrogens is 420 g/mol. The smallest absolute Gasteiger partial charge is 0.230 e. The van der Waals surface area contributed by atoms with Crippen LogP contribution < -0.4 is 10.1 Å². The normalized spacial score (nSPS) is 14.2. The van der Waals surface area contributed by atoms with Crippen LogP contribution in [0.3, 0.4) is 0 Å². The number of amides is 2. The number of carbonyl (C=O) groups excluding carboxylic acids is 2. The van der Waals surface area contributed by atoms with Crippen LogP contribution in [0.2, 0.25) is 0 Å². The van der Waals surface area contributed by atoms with Crippen molar-refractivity contribution >= 4 is 17.5 Å². The summed E-state index contributed by atoms with van der Waals surface area (Å²) < 4.78 is 10.7. The van der Waals surface area contributed by atoms with Crippen LogP contribution in [-0.4, -0.2) is 47.1 Å². The van der Waals surface area contributed by atoms with E-state index in [0.29, 0.717) is 31.2 Å². The van der Waals surface area contributed by atoms with Gasteiger partial charge in [-0.2, -0.15) is 4.98 Å². The highest BCUT2D eigenvalue weighted by Gasteiger charge is 2.27. The number of nitrogens with zero attached hydrogens (tertiary/aromatic N) is 3. The zero-order valence-corrected chi connectivity index (χ0v) is 18.9. The van der Waals surface area contributed by atoms with Crippen molar-refractivity contribution in [1.29, 1.82) is 0 Å². The molecule has 0 unspecified atom stereocenters. The number of methoxy groups -OCH3 is 1. The molecule has 0 spiro atoms. The van der Waals surface area contributed by atoms with Crippen molar-refractivity contribution in [2.75, 3.05) is 25.5 Å². The highest BCUT2D eigenvalue weighted by molar-refractivity contribution is 5.88. The van der Waals surface area contributed by atoms with Gasteiger partial charge in [0.15, 0.2) is 0 Å². The summed E-state index contributed by atoms with van der Waals surface area (Å²) in [5.41, 5.74) is 2.67. The van der Waals surface area contributed by atoms with Gasteiger partial charge >= 0.3 is 0 Å². The molecule has 4 rings (SSSR count). The number of ether oxygens (including phenoxy) is 1. The minimum Gasteiger partial charge on any atom is -0.497 e. The van der Waals surface area contributed by atoms with Crippen LogP contribution in [0.25, 0.3) is 11.4 Å². The molecule has 1 saturated heterocycles. The van der Waals surface area contributed by atoms with Gasteiger partial charge in [-0.3, -0.25) is 9.59 Å². The first-order valence-electron chi connectivity index (χ1n) is 11.1. The molecule has 172 valence electrons. The van der Waals surface area contributed by atoms with E-state index in [1.165, 1.54) is 6.92 Å². The van der Waals surface area contributed by atoms with Gasteiger partial charge in [-0.05, 0) is 61.2 Å². The van der Waals surface area contributed by atoms with E-state index >= 15 is 0 Å². The minimum absolute atomic E-state index is 0.116. The molecule has 1 aliphatic heterocycles. The van der Waals surface area contributed by atoms with E-state index in [2.05, 4.69) is 15.5 Å². The highest BCUT2D eigenvalue weighted by atomic mass is 16.5. The number of anilines is 1. The van der Waals surface area contributed by atoms with Crippen LogP contribution in [0, 0.1) is 0 Å². The van der Waals surface area contributed by atoms with E-state index in [4.69, 9.17) is 9.26 Å². The fourth-order valence-electron chi connectivity index (χ4n) is 4.00. The maximum atomic E-state index is 12.6. The van der Waals surface area contributed by atoms with Gasteiger partial charge in [0.1, 0.15) is 5.75 Å². The number of carbonyl (C=O) groups is 2. The van der Waals surface area contributed by atoms with E-state index in [1.807, 2.05) is 53.4 Å². The number of hydrogen-bond donors (Lipinski definition) is 1. The number of piperidine rings is 1. The molecule has 1 fully saturated rings. The molecule has 0 saturated carbocycles. The Kier molecular flexibility index (Phi) is 7.02. The van der Waals surface area contributed by atoms with Gasteiger partial charge in [0, 0.05) is 43.6 Å². The van der Waals surface area contributed by atoms with Crippen LogP contribution in [0.1, 0.15) is 43.6 Å². The van der Waals surface area contributed by atoms with Crippen molar-refractivity contribution in [1.82, 2.24) is 15.0 Å². The molecule has 0 radical (unpaired) electrons. The lowest BCUT2D eigenvalue weighted by Crippen LogP contribution is -2.38. The van der Waals surface area contributed by atoms with Crippen molar-refractivity contribution in [3.05, 3.63) is 60.0 Å². The second-order valence-corrected chi connectivity index (χ2v) is 8.22. The molecule has 2 heterocycles. The molecule has 1 aromatic heterocycles. The summed E-state index contributed by atoms with van der Waals surface area (Å²) in [4.78, 5) is 30.3. The molecule has 0 bridgehead atoms. The molecule has 8 nitrogen and oxygen atoms in total. The van der Waals surface area contributed by atoms with Crippen molar-refractivity contribution in [3.63, 3.8) is 0 Å². The Bertz CT molecular complexity index is 1080. The van der Waals surface area contributed by atoms with E-state index in [-0.39, 0.29) is 17.7 Å². The maximum absolute atomic E-state index is 12.6. The standard InChI is InChI=1S/C25H28N4O4/c1-17(30)26-21-8-6-19(7-9-21)24-27-25(33-28-24)20-13-15-29(16-14-20)23(31)12-5-18-3-10-22(32-2)11-4-18/h3-4,6-11,20H,5,12-16H2,1-2H3,(H,26,30). The van der Waals surface area contributed by atoms with Gasteiger partial charge in [0.05, 0.1) is 7.11 Å². The summed E-state index contributed by atoms with van der Waals surface area (Å²) in [6.45, 7) is 2.85.